The van der Waals surface area contributed by atoms with E-state index in [1.54, 1.807) is 6.33 Å². The largest absolute Gasteiger partial charge is 0.393 e. The molecule has 0 spiro atoms. The van der Waals surface area contributed by atoms with Crippen LogP contribution in [0.25, 0.3) is 0 Å². The number of aryl methyl sites for hydroxylation is 1. The van der Waals surface area contributed by atoms with Gasteiger partial charge in [0.25, 0.3) is 0 Å². The first-order valence-corrected chi connectivity index (χ1v) is 6.66. The second-order valence-electron chi connectivity index (χ2n) is 4.91. The molecule has 0 aliphatic rings. The van der Waals surface area contributed by atoms with E-state index < -0.39 is 0 Å². The van der Waals surface area contributed by atoms with E-state index in [9.17, 15) is 0 Å². The number of anilines is 4. The van der Waals surface area contributed by atoms with Gasteiger partial charge in [0.2, 0.25) is 0 Å². The minimum atomic E-state index is 0.598. The molecule has 0 atom stereocenters. The van der Waals surface area contributed by atoms with E-state index in [-0.39, 0.29) is 0 Å². The quantitative estimate of drug-likeness (QED) is 0.926. The molecular weight excluding hydrogens is 250 g/mol. The molecule has 0 unspecified atom stereocenters. The number of nitrogens with two attached hydrogens (primary N) is 1. The fraction of sp³-hybridized carbons (Fsp3) is 0.333. The lowest BCUT2D eigenvalue weighted by Crippen LogP contribution is -2.21. The van der Waals surface area contributed by atoms with Crippen molar-refractivity contribution >= 4 is 23.0 Å². The number of hydrogen-bond donors (Lipinski definition) is 1. The highest BCUT2D eigenvalue weighted by molar-refractivity contribution is 5.79. The monoisotopic (exact) mass is 271 g/mol. The summed E-state index contributed by atoms with van der Waals surface area (Å²) in [7, 11) is 3.84. The maximum Gasteiger partial charge on any atom is 0.161 e. The van der Waals surface area contributed by atoms with E-state index >= 15 is 0 Å². The fourth-order valence-corrected chi connectivity index (χ4v) is 2.20. The van der Waals surface area contributed by atoms with Crippen LogP contribution in [0.1, 0.15) is 12.5 Å². The zero-order chi connectivity index (χ0) is 14.7. The SMILES string of the molecule is CCN(c1cccc(C)c1)c1ncnc(N(C)C)c1N. The summed E-state index contributed by atoms with van der Waals surface area (Å²) < 4.78 is 0. The van der Waals surface area contributed by atoms with Crippen molar-refractivity contribution in [3.8, 4) is 0 Å². The smallest absolute Gasteiger partial charge is 0.161 e. The molecule has 106 valence electrons. The summed E-state index contributed by atoms with van der Waals surface area (Å²) in [5.41, 5.74) is 9.12. The predicted molar refractivity (Wildman–Crippen MR) is 84.6 cm³/mol. The van der Waals surface area contributed by atoms with Crippen molar-refractivity contribution < 1.29 is 0 Å². The maximum absolute atomic E-state index is 6.23. The summed E-state index contributed by atoms with van der Waals surface area (Å²) in [6.07, 6.45) is 1.56. The van der Waals surface area contributed by atoms with E-state index in [0.717, 1.165) is 23.9 Å². The maximum atomic E-state index is 6.23. The van der Waals surface area contributed by atoms with Crippen molar-refractivity contribution in [3.63, 3.8) is 0 Å². The summed E-state index contributed by atoms with van der Waals surface area (Å²) in [6.45, 7) is 4.95. The van der Waals surface area contributed by atoms with Gasteiger partial charge in [0.1, 0.15) is 12.0 Å². The van der Waals surface area contributed by atoms with Crippen LogP contribution >= 0.6 is 0 Å². The molecule has 2 rings (SSSR count). The normalized spacial score (nSPS) is 10.4. The van der Waals surface area contributed by atoms with Crippen molar-refractivity contribution in [2.45, 2.75) is 13.8 Å². The number of nitrogen functional groups attached to an aromatic ring is 1. The van der Waals surface area contributed by atoms with E-state index in [1.807, 2.05) is 25.1 Å². The van der Waals surface area contributed by atoms with Gasteiger partial charge in [-0.25, -0.2) is 9.97 Å². The molecule has 1 aromatic carbocycles. The number of benzene rings is 1. The van der Waals surface area contributed by atoms with Crippen LogP contribution in [0.4, 0.5) is 23.0 Å². The summed E-state index contributed by atoms with van der Waals surface area (Å²) in [5.74, 6) is 1.48. The van der Waals surface area contributed by atoms with Crippen molar-refractivity contribution in [1.82, 2.24) is 9.97 Å². The van der Waals surface area contributed by atoms with E-state index in [1.165, 1.54) is 5.56 Å². The molecule has 0 fully saturated rings. The molecule has 0 saturated carbocycles. The molecule has 20 heavy (non-hydrogen) atoms. The van der Waals surface area contributed by atoms with E-state index in [4.69, 9.17) is 5.73 Å². The van der Waals surface area contributed by atoms with Crippen molar-refractivity contribution in [2.75, 3.05) is 36.2 Å². The topological polar surface area (TPSA) is 58.3 Å². The number of nitrogens with zero attached hydrogens (tertiary/aromatic N) is 4. The van der Waals surface area contributed by atoms with Crippen LogP contribution in [-0.2, 0) is 0 Å². The van der Waals surface area contributed by atoms with Crippen molar-refractivity contribution in [2.24, 2.45) is 0 Å². The van der Waals surface area contributed by atoms with Crippen LogP contribution in [0.15, 0.2) is 30.6 Å². The molecule has 1 heterocycles. The first kappa shape index (κ1) is 14.1. The van der Waals surface area contributed by atoms with Crippen molar-refractivity contribution in [3.05, 3.63) is 36.2 Å². The van der Waals surface area contributed by atoms with Gasteiger partial charge < -0.3 is 15.5 Å². The van der Waals surface area contributed by atoms with Gasteiger partial charge in [0, 0.05) is 26.3 Å². The third-order valence-corrected chi connectivity index (χ3v) is 3.15. The fourth-order valence-electron chi connectivity index (χ4n) is 2.20. The first-order valence-electron chi connectivity index (χ1n) is 6.66. The van der Waals surface area contributed by atoms with Crippen molar-refractivity contribution in [1.29, 1.82) is 0 Å². The molecule has 1 aromatic heterocycles. The number of aromatic nitrogens is 2. The highest BCUT2D eigenvalue weighted by Crippen LogP contribution is 2.32. The highest BCUT2D eigenvalue weighted by Gasteiger charge is 2.16. The van der Waals surface area contributed by atoms with E-state index in [2.05, 4.69) is 46.9 Å². The average Bonchev–Trinajstić information content (AvgIpc) is 2.41. The third-order valence-electron chi connectivity index (χ3n) is 3.15. The van der Waals surface area contributed by atoms with Gasteiger partial charge in [-0.15, -0.1) is 0 Å². The number of hydrogen-bond acceptors (Lipinski definition) is 5. The molecule has 0 aliphatic carbocycles. The molecule has 5 heteroatoms. The zero-order valence-electron chi connectivity index (χ0n) is 12.5. The molecular formula is C15H21N5. The molecule has 0 saturated heterocycles. The molecule has 0 aliphatic heterocycles. The molecule has 0 bridgehead atoms. The van der Waals surface area contributed by atoms with Crippen LogP contribution in [0, 0.1) is 6.92 Å². The van der Waals surface area contributed by atoms with Gasteiger partial charge >= 0.3 is 0 Å². The van der Waals surface area contributed by atoms with Gasteiger partial charge in [-0.05, 0) is 31.5 Å². The Labute approximate surface area is 120 Å². The average molecular weight is 271 g/mol. The Bertz CT molecular complexity index is 595. The van der Waals surface area contributed by atoms with Gasteiger partial charge in [-0.1, -0.05) is 12.1 Å². The number of rotatable bonds is 4. The van der Waals surface area contributed by atoms with Gasteiger partial charge in [-0.2, -0.15) is 0 Å². The molecule has 5 nitrogen and oxygen atoms in total. The zero-order valence-corrected chi connectivity index (χ0v) is 12.5. The Balaban J connectivity index is 2.50. The summed E-state index contributed by atoms with van der Waals surface area (Å²) in [6, 6.07) is 8.30. The lowest BCUT2D eigenvalue weighted by Gasteiger charge is -2.25. The Morgan fingerprint density at radius 1 is 1.15 bits per heavy atom. The van der Waals surface area contributed by atoms with Gasteiger partial charge in [0.05, 0.1) is 0 Å². The third kappa shape index (κ3) is 2.66. The van der Waals surface area contributed by atoms with E-state index in [0.29, 0.717) is 5.69 Å². The summed E-state index contributed by atoms with van der Waals surface area (Å²) in [5, 5.41) is 0. The first-order chi connectivity index (χ1) is 9.54. The predicted octanol–water partition coefficient (Wildman–Crippen LogP) is 2.59. The summed E-state index contributed by atoms with van der Waals surface area (Å²) >= 11 is 0. The van der Waals surface area contributed by atoms with Gasteiger partial charge in [-0.3, -0.25) is 0 Å². The Morgan fingerprint density at radius 3 is 2.45 bits per heavy atom. The Kier molecular flexibility index (Phi) is 4.08. The van der Waals surface area contributed by atoms with Crippen LogP contribution in [-0.4, -0.2) is 30.6 Å². The van der Waals surface area contributed by atoms with Crippen LogP contribution in [0.3, 0.4) is 0 Å². The van der Waals surface area contributed by atoms with Crippen LogP contribution in [0.2, 0.25) is 0 Å². The molecule has 0 amide bonds. The van der Waals surface area contributed by atoms with Crippen LogP contribution < -0.4 is 15.5 Å². The van der Waals surface area contributed by atoms with Crippen LogP contribution in [0.5, 0.6) is 0 Å². The lowest BCUT2D eigenvalue weighted by atomic mass is 10.2. The minimum Gasteiger partial charge on any atom is -0.393 e. The Morgan fingerprint density at radius 2 is 1.85 bits per heavy atom. The molecule has 0 radical (unpaired) electrons. The standard InChI is InChI=1S/C15H21N5/c1-5-20(12-8-6-7-11(2)9-12)15-13(16)14(19(3)4)17-10-18-15/h6-10H,5,16H2,1-4H3. The highest BCUT2D eigenvalue weighted by atomic mass is 15.2. The van der Waals surface area contributed by atoms with Gasteiger partial charge in [0.15, 0.2) is 11.6 Å². The minimum absolute atomic E-state index is 0.598. The Hall–Kier alpha value is -2.30. The summed E-state index contributed by atoms with van der Waals surface area (Å²) in [4.78, 5) is 12.6. The second-order valence-corrected chi connectivity index (χ2v) is 4.91. The molecule has 2 N–H and O–H groups in total. The lowest BCUT2D eigenvalue weighted by molar-refractivity contribution is 0.964. The second kappa shape index (κ2) is 5.77. The molecule has 2 aromatic rings.